The van der Waals surface area contributed by atoms with Crippen molar-refractivity contribution >= 4 is 17.6 Å². The van der Waals surface area contributed by atoms with Crippen molar-refractivity contribution in [1.29, 1.82) is 0 Å². The van der Waals surface area contributed by atoms with Crippen molar-refractivity contribution in [2.24, 2.45) is 0 Å². The summed E-state index contributed by atoms with van der Waals surface area (Å²) < 4.78 is 0. The number of piperazine rings is 1. The molecule has 1 aliphatic rings. The SMILES string of the molecule is CCN(CCNC(=O)N1CCN(CC(=O)NC(C)C)CC1)c1cccc(C)c1. The largest absolute Gasteiger partial charge is 0.370 e. The van der Waals surface area contributed by atoms with Crippen LogP contribution in [0.25, 0.3) is 0 Å². The molecule has 1 aliphatic heterocycles. The number of benzene rings is 1. The number of nitrogens with one attached hydrogen (secondary N) is 2. The highest BCUT2D eigenvalue weighted by molar-refractivity contribution is 5.78. The molecule has 28 heavy (non-hydrogen) atoms. The summed E-state index contributed by atoms with van der Waals surface area (Å²) in [5.74, 6) is 0.0451. The Bertz CT molecular complexity index is 641. The molecule has 7 nitrogen and oxygen atoms in total. The van der Waals surface area contributed by atoms with Crippen molar-refractivity contribution in [2.45, 2.75) is 33.7 Å². The van der Waals surface area contributed by atoms with E-state index in [2.05, 4.69) is 58.5 Å². The molecule has 2 rings (SSSR count). The van der Waals surface area contributed by atoms with Crippen LogP contribution in [0.15, 0.2) is 24.3 Å². The van der Waals surface area contributed by atoms with Crippen LogP contribution in [0.5, 0.6) is 0 Å². The lowest BCUT2D eigenvalue weighted by Gasteiger charge is -2.34. The lowest BCUT2D eigenvalue weighted by atomic mass is 10.2. The van der Waals surface area contributed by atoms with E-state index in [1.54, 1.807) is 0 Å². The van der Waals surface area contributed by atoms with Gasteiger partial charge in [-0.25, -0.2) is 4.79 Å². The number of carbonyl (C=O) groups is 2. The molecule has 2 N–H and O–H groups in total. The van der Waals surface area contributed by atoms with Gasteiger partial charge in [-0.2, -0.15) is 0 Å². The fourth-order valence-electron chi connectivity index (χ4n) is 3.38. The molecule has 3 amide bonds. The lowest BCUT2D eigenvalue weighted by Crippen LogP contribution is -2.54. The molecular weight excluding hydrogens is 354 g/mol. The van der Waals surface area contributed by atoms with Crippen LogP contribution in [0.1, 0.15) is 26.3 Å². The molecule has 0 atom stereocenters. The Balaban J connectivity index is 1.70. The summed E-state index contributed by atoms with van der Waals surface area (Å²) in [6.45, 7) is 13.6. The van der Waals surface area contributed by atoms with Crippen molar-refractivity contribution in [2.75, 3.05) is 57.3 Å². The minimum Gasteiger partial charge on any atom is -0.370 e. The normalized spacial score (nSPS) is 14.8. The number of urea groups is 1. The maximum Gasteiger partial charge on any atom is 0.317 e. The molecule has 156 valence electrons. The van der Waals surface area contributed by atoms with Gasteiger partial charge in [-0.3, -0.25) is 9.69 Å². The van der Waals surface area contributed by atoms with Crippen LogP contribution < -0.4 is 15.5 Å². The van der Waals surface area contributed by atoms with Gasteiger partial charge < -0.3 is 20.4 Å². The van der Waals surface area contributed by atoms with E-state index in [1.165, 1.54) is 11.3 Å². The van der Waals surface area contributed by atoms with Crippen molar-refractivity contribution in [3.8, 4) is 0 Å². The average Bonchev–Trinajstić information content (AvgIpc) is 2.65. The first kappa shape index (κ1) is 22.0. The third kappa shape index (κ3) is 7.03. The highest BCUT2D eigenvalue weighted by atomic mass is 16.2. The Morgan fingerprint density at radius 1 is 1.18 bits per heavy atom. The van der Waals surface area contributed by atoms with Crippen molar-refractivity contribution < 1.29 is 9.59 Å². The number of aryl methyl sites for hydroxylation is 1. The number of carbonyl (C=O) groups excluding carboxylic acids is 2. The molecule has 0 radical (unpaired) electrons. The average molecular weight is 390 g/mol. The molecule has 1 aromatic carbocycles. The zero-order valence-corrected chi connectivity index (χ0v) is 17.7. The maximum atomic E-state index is 12.4. The van der Waals surface area contributed by atoms with Crippen LogP contribution in [0.3, 0.4) is 0 Å². The van der Waals surface area contributed by atoms with Crippen LogP contribution in [0.4, 0.5) is 10.5 Å². The fraction of sp³-hybridized carbons (Fsp3) is 0.619. The monoisotopic (exact) mass is 389 g/mol. The van der Waals surface area contributed by atoms with E-state index in [4.69, 9.17) is 0 Å². The second-order valence-corrected chi connectivity index (χ2v) is 7.64. The summed E-state index contributed by atoms with van der Waals surface area (Å²) in [7, 11) is 0. The first-order chi connectivity index (χ1) is 13.4. The summed E-state index contributed by atoms with van der Waals surface area (Å²) in [5, 5.41) is 5.94. The molecular formula is C21H35N5O2. The van der Waals surface area contributed by atoms with Gasteiger partial charge in [0, 0.05) is 57.5 Å². The van der Waals surface area contributed by atoms with Gasteiger partial charge in [0.2, 0.25) is 5.91 Å². The predicted octanol–water partition coefficient (Wildman–Crippen LogP) is 1.67. The number of hydrogen-bond acceptors (Lipinski definition) is 4. The van der Waals surface area contributed by atoms with Gasteiger partial charge in [0.25, 0.3) is 0 Å². The van der Waals surface area contributed by atoms with E-state index in [-0.39, 0.29) is 18.0 Å². The quantitative estimate of drug-likeness (QED) is 0.710. The summed E-state index contributed by atoms with van der Waals surface area (Å²) in [6.07, 6.45) is 0. The maximum absolute atomic E-state index is 12.4. The molecule has 7 heteroatoms. The smallest absolute Gasteiger partial charge is 0.317 e. The molecule has 0 saturated carbocycles. The minimum absolute atomic E-state index is 0.0217. The topological polar surface area (TPSA) is 67.9 Å². The molecule has 1 heterocycles. The van der Waals surface area contributed by atoms with Crippen LogP contribution in [0, 0.1) is 6.92 Å². The summed E-state index contributed by atoms with van der Waals surface area (Å²) >= 11 is 0. The van der Waals surface area contributed by atoms with Crippen LogP contribution >= 0.6 is 0 Å². The van der Waals surface area contributed by atoms with Crippen molar-refractivity contribution in [3.05, 3.63) is 29.8 Å². The highest BCUT2D eigenvalue weighted by Crippen LogP contribution is 2.15. The lowest BCUT2D eigenvalue weighted by molar-refractivity contribution is -0.123. The van der Waals surface area contributed by atoms with Crippen LogP contribution in [-0.2, 0) is 4.79 Å². The molecule has 1 aromatic rings. The van der Waals surface area contributed by atoms with Crippen LogP contribution in [0.2, 0.25) is 0 Å². The number of rotatable bonds is 8. The Hall–Kier alpha value is -2.28. The zero-order valence-electron chi connectivity index (χ0n) is 17.7. The number of hydrogen-bond donors (Lipinski definition) is 2. The Kier molecular flexibility index (Phi) is 8.57. The molecule has 0 spiro atoms. The number of nitrogens with zero attached hydrogens (tertiary/aromatic N) is 3. The Morgan fingerprint density at radius 2 is 1.89 bits per heavy atom. The first-order valence-electron chi connectivity index (χ1n) is 10.2. The second kappa shape index (κ2) is 10.9. The van der Waals surface area contributed by atoms with Gasteiger partial charge in [0.15, 0.2) is 0 Å². The third-order valence-electron chi connectivity index (χ3n) is 4.88. The van der Waals surface area contributed by atoms with Crippen molar-refractivity contribution in [1.82, 2.24) is 20.4 Å². The van der Waals surface area contributed by atoms with E-state index < -0.39 is 0 Å². The third-order valence-corrected chi connectivity index (χ3v) is 4.88. The van der Waals surface area contributed by atoms with Gasteiger partial charge in [-0.15, -0.1) is 0 Å². The minimum atomic E-state index is -0.0217. The van der Waals surface area contributed by atoms with Gasteiger partial charge in [-0.05, 0) is 45.4 Å². The molecule has 0 aliphatic carbocycles. The number of amides is 3. The van der Waals surface area contributed by atoms with E-state index >= 15 is 0 Å². The van der Waals surface area contributed by atoms with Gasteiger partial charge >= 0.3 is 6.03 Å². The summed E-state index contributed by atoms with van der Waals surface area (Å²) in [4.78, 5) is 30.5. The molecule has 0 unspecified atom stereocenters. The summed E-state index contributed by atoms with van der Waals surface area (Å²) in [6, 6.07) is 8.55. The Labute approximate surface area is 169 Å². The zero-order chi connectivity index (χ0) is 20.5. The fourth-order valence-corrected chi connectivity index (χ4v) is 3.38. The van der Waals surface area contributed by atoms with E-state index in [9.17, 15) is 9.59 Å². The second-order valence-electron chi connectivity index (χ2n) is 7.64. The van der Waals surface area contributed by atoms with E-state index in [1.807, 2.05) is 18.7 Å². The number of likely N-dealkylation sites (N-methyl/N-ethyl adjacent to an activating group) is 1. The number of anilines is 1. The molecule has 1 saturated heterocycles. The highest BCUT2D eigenvalue weighted by Gasteiger charge is 2.22. The Morgan fingerprint density at radius 3 is 2.50 bits per heavy atom. The molecule has 0 aromatic heterocycles. The van der Waals surface area contributed by atoms with E-state index in [0.717, 1.165) is 26.2 Å². The predicted molar refractivity (Wildman–Crippen MR) is 114 cm³/mol. The van der Waals surface area contributed by atoms with Gasteiger partial charge in [0.05, 0.1) is 6.54 Å². The standard InChI is InChI=1S/C21H35N5O2/c1-5-25(19-8-6-7-18(4)15-19)10-9-22-21(28)26-13-11-24(12-14-26)16-20(27)23-17(2)3/h6-8,15,17H,5,9-14,16H2,1-4H3,(H,22,28)(H,23,27). The molecule has 0 bridgehead atoms. The van der Waals surface area contributed by atoms with Crippen LogP contribution in [-0.4, -0.2) is 80.1 Å². The van der Waals surface area contributed by atoms with Crippen molar-refractivity contribution in [3.63, 3.8) is 0 Å². The van der Waals surface area contributed by atoms with E-state index in [0.29, 0.717) is 26.2 Å². The first-order valence-corrected chi connectivity index (χ1v) is 10.2. The van der Waals surface area contributed by atoms with Gasteiger partial charge in [-0.1, -0.05) is 12.1 Å². The summed E-state index contributed by atoms with van der Waals surface area (Å²) in [5.41, 5.74) is 2.42. The van der Waals surface area contributed by atoms with Gasteiger partial charge in [0.1, 0.15) is 0 Å². The molecule has 1 fully saturated rings.